The second-order valence-electron chi connectivity index (χ2n) is 12.6. The fourth-order valence-electron chi connectivity index (χ4n) is 7.70. The van der Waals surface area contributed by atoms with Gasteiger partial charge >= 0.3 is 261 Å². The third-order valence-corrected chi connectivity index (χ3v) is 60.0. The zero-order chi connectivity index (χ0) is 29.1. The Hall–Kier alpha value is -2.22. The number of allylic oxidation sites excluding steroid dienone is 1. The van der Waals surface area contributed by atoms with Gasteiger partial charge in [0, 0.05) is 0 Å². The summed E-state index contributed by atoms with van der Waals surface area (Å²) in [6.45, 7) is 7.13. The molecule has 7 rings (SSSR count). The molecule has 0 bridgehead atoms. The fraction of sp³-hybridized carbons (Fsp3) is 0.211. The Morgan fingerprint density at radius 2 is 1.48 bits per heavy atom. The summed E-state index contributed by atoms with van der Waals surface area (Å²) in [4.78, 5) is 0. The van der Waals surface area contributed by atoms with Gasteiger partial charge in [0.05, 0.1) is 0 Å². The van der Waals surface area contributed by atoms with E-state index in [-0.39, 0.29) is 3.63 Å². The van der Waals surface area contributed by atoms with Crippen molar-refractivity contribution >= 4 is 43.1 Å². The summed E-state index contributed by atoms with van der Waals surface area (Å²) in [6.07, 6.45) is 6.78. The summed E-state index contributed by atoms with van der Waals surface area (Å²) in [6, 6.07) is 38.0. The van der Waals surface area contributed by atoms with Crippen LogP contribution >= 0.6 is 17.0 Å². The van der Waals surface area contributed by atoms with E-state index < -0.39 is 21.5 Å². The Labute approximate surface area is 259 Å². The molecule has 0 N–H and O–H groups in total. The molecule has 0 saturated heterocycles. The van der Waals surface area contributed by atoms with E-state index in [1.54, 1.807) is 0 Å². The molecular weight excluding hydrogens is 647 g/mol. The van der Waals surface area contributed by atoms with Crippen LogP contribution in [0.3, 0.4) is 0 Å². The standard InChI is InChI=1S/C23H21.C13H9.C2H7Si.2ClH.Zr/c1-2-3-7-17-14-20-10-6-11-22(23(20)15-17)21-13-12-18-8-4-5-9-19(18)16-21;1-3-7-12-10(5-1)9-11-6-2-4-8-13(11)12;1-3-2;;;/h4-6,8-16H,2-3,7H2,1H3;1-5,7-8H,9H2;3H,1-2H3;2*1H;/q;;;;;+2/p-2. The molecule has 0 heterocycles. The SMILES string of the molecule is CCCCC1=Cc2c(-c3ccc4ccccc4c3)cccc2[CH]1[Zr]([Cl])([Cl])([c]1cccc2c1Cc1ccccc1-2)[SiH](C)C. The van der Waals surface area contributed by atoms with E-state index in [0.717, 1.165) is 25.7 Å². The maximum absolute atomic E-state index is 8.46. The van der Waals surface area contributed by atoms with E-state index in [0.29, 0.717) is 0 Å². The Balaban J connectivity index is 1.45. The number of hydrogen-bond donors (Lipinski definition) is 0. The molecule has 0 amide bonds. The fourth-order valence-corrected chi connectivity index (χ4v) is 35.6. The van der Waals surface area contributed by atoms with Gasteiger partial charge in [0.15, 0.2) is 0 Å². The van der Waals surface area contributed by atoms with Crippen LogP contribution in [-0.4, -0.2) is 5.92 Å². The van der Waals surface area contributed by atoms with E-state index in [2.05, 4.69) is 129 Å². The predicted octanol–water partition coefficient (Wildman–Crippen LogP) is 11.0. The Morgan fingerprint density at radius 1 is 0.762 bits per heavy atom. The number of halogens is 2. The van der Waals surface area contributed by atoms with Crippen molar-refractivity contribution in [3.05, 3.63) is 131 Å². The van der Waals surface area contributed by atoms with Crippen LogP contribution in [0.2, 0.25) is 13.1 Å². The summed E-state index contributed by atoms with van der Waals surface area (Å²) in [5.41, 5.74) is 12.2. The zero-order valence-electron chi connectivity index (χ0n) is 24.6. The number of benzene rings is 5. The van der Waals surface area contributed by atoms with Crippen LogP contribution in [0.25, 0.3) is 39.1 Å². The average molecular weight is 684 g/mol. The molecule has 5 aromatic rings. The van der Waals surface area contributed by atoms with E-state index in [9.17, 15) is 0 Å². The minimum atomic E-state index is -4.75. The van der Waals surface area contributed by atoms with Gasteiger partial charge < -0.3 is 0 Å². The molecule has 0 saturated carbocycles. The molecule has 0 aromatic heterocycles. The molecule has 0 spiro atoms. The van der Waals surface area contributed by atoms with Crippen molar-refractivity contribution in [3.8, 4) is 22.3 Å². The van der Waals surface area contributed by atoms with Crippen molar-refractivity contribution in [3.63, 3.8) is 0 Å². The monoisotopic (exact) mass is 681 g/mol. The van der Waals surface area contributed by atoms with Crippen molar-refractivity contribution in [1.82, 2.24) is 0 Å². The minimum absolute atomic E-state index is 0.110. The maximum atomic E-state index is 8.46. The molecule has 2 aliphatic rings. The molecular formula is C38H37Cl2SiZr. The first-order valence-electron chi connectivity index (χ1n) is 15.4. The second-order valence-corrected chi connectivity index (χ2v) is 54.0. The molecule has 5 aromatic carbocycles. The first-order valence-corrected chi connectivity index (χ1v) is 31.5. The second kappa shape index (κ2) is 10.7. The number of unbranched alkanes of at least 4 members (excludes halogenated alkanes) is 1. The first-order chi connectivity index (χ1) is 20.3. The van der Waals surface area contributed by atoms with Gasteiger partial charge in [-0.1, -0.05) is 0 Å². The van der Waals surface area contributed by atoms with E-state index in [1.807, 2.05) is 0 Å². The van der Waals surface area contributed by atoms with Gasteiger partial charge in [-0.05, 0) is 0 Å². The summed E-state index contributed by atoms with van der Waals surface area (Å²) in [7, 11) is 16.9. The third kappa shape index (κ3) is 4.32. The van der Waals surface area contributed by atoms with Gasteiger partial charge in [0.1, 0.15) is 0 Å². The van der Waals surface area contributed by atoms with Gasteiger partial charge in [0.25, 0.3) is 0 Å². The third-order valence-electron chi connectivity index (χ3n) is 9.98. The molecule has 0 radical (unpaired) electrons. The van der Waals surface area contributed by atoms with Crippen LogP contribution < -0.4 is 3.27 Å². The van der Waals surface area contributed by atoms with Gasteiger partial charge in [-0.2, -0.15) is 0 Å². The molecule has 2 aliphatic carbocycles. The van der Waals surface area contributed by atoms with E-state index in [1.165, 1.54) is 64.1 Å². The molecule has 42 heavy (non-hydrogen) atoms. The van der Waals surface area contributed by atoms with Crippen molar-refractivity contribution in [1.29, 1.82) is 0 Å². The molecule has 0 aliphatic heterocycles. The molecule has 211 valence electrons. The quantitative estimate of drug-likeness (QED) is 0.147. The Kier molecular flexibility index (Phi) is 7.30. The average Bonchev–Trinajstić information content (AvgIpc) is 3.58. The summed E-state index contributed by atoms with van der Waals surface area (Å²) in [5, 5.41) is 2.54. The normalized spacial score (nSPS) is 16.6. The van der Waals surface area contributed by atoms with Crippen LogP contribution in [0.4, 0.5) is 0 Å². The van der Waals surface area contributed by atoms with Crippen molar-refractivity contribution < 1.29 is 15.6 Å². The van der Waals surface area contributed by atoms with Gasteiger partial charge in [0.2, 0.25) is 0 Å². The topological polar surface area (TPSA) is 0 Å². The van der Waals surface area contributed by atoms with E-state index in [4.69, 9.17) is 17.0 Å². The Morgan fingerprint density at radius 3 is 2.29 bits per heavy atom. The zero-order valence-corrected chi connectivity index (χ0v) is 29.8. The molecule has 1 atom stereocenters. The van der Waals surface area contributed by atoms with Crippen molar-refractivity contribution in [2.75, 3.05) is 0 Å². The van der Waals surface area contributed by atoms with Crippen LogP contribution in [-0.2, 0) is 22.0 Å². The molecule has 0 fully saturated rings. The summed E-state index contributed by atoms with van der Waals surface area (Å²) in [5.74, 6) is -1.58. The van der Waals surface area contributed by atoms with Crippen LogP contribution in [0, 0.1) is 0 Å². The van der Waals surface area contributed by atoms with Crippen molar-refractivity contribution in [2.45, 2.75) is 49.3 Å². The molecule has 4 heteroatoms. The number of fused-ring (bicyclic) bond motifs is 5. The van der Waals surface area contributed by atoms with E-state index >= 15 is 0 Å². The predicted molar refractivity (Wildman–Crippen MR) is 185 cm³/mol. The van der Waals surface area contributed by atoms with Gasteiger partial charge in [-0.15, -0.1) is 0 Å². The molecule has 0 nitrogen and oxygen atoms in total. The van der Waals surface area contributed by atoms with Crippen LogP contribution in [0.1, 0.15) is 52.1 Å². The Bertz CT molecular complexity index is 1890. The van der Waals surface area contributed by atoms with Crippen molar-refractivity contribution in [2.24, 2.45) is 0 Å². The van der Waals surface area contributed by atoms with Crippen LogP contribution in [0.5, 0.6) is 0 Å². The van der Waals surface area contributed by atoms with Gasteiger partial charge in [-0.3, -0.25) is 0 Å². The van der Waals surface area contributed by atoms with Gasteiger partial charge in [-0.25, -0.2) is 0 Å². The number of hydrogen-bond acceptors (Lipinski definition) is 0. The molecule has 1 unspecified atom stereocenters. The number of rotatable bonds is 7. The summed E-state index contributed by atoms with van der Waals surface area (Å²) >= 11 is -4.75. The van der Waals surface area contributed by atoms with Crippen LogP contribution in [0.15, 0.2) is 109 Å². The summed E-state index contributed by atoms with van der Waals surface area (Å²) < 4.78 is 1.44. The first kappa shape index (κ1) is 28.5.